The average molecular weight is 948 g/mol. The van der Waals surface area contributed by atoms with Crippen molar-refractivity contribution in [1.29, 1.82) is 0 Å². The summed E-state index contributed by atoms with van der Waals surface area (Å²) in [4.78, 5) is 99.5. The summed E-state index contributed by atoms with van der Waals surface area (Å²) in [5.41, 5.74) is 5.46. The highest BCUT2D eigenvalue weighted by atomic mass is 16.4. The average Bonchev–Trinajstić information content (AvgIpc) is 3.64. The number of carbonyl (C=O) groups excluding carboxylic acids is 6. The van der Waals surface area contributed by atoms with E-state index in [9.17, 15) is 43.8 Å². The highest BCUT2D eigenvalue weighted by molar-refractivity contribution is 5.98. The van der Waals surface area contributed by atoms with Crippen LogP contribution in [-0.2, 0) is 52.8 Å². The SMILES string of the molecule is C=C(O)[C@H](Cc1c[nH]c2ccccc12)NC(=O)[C@@H](NC(=O)[C@@H](NC(=O)[C@H](CC(=O)O)NC(=O)[C@H](CC(C)C)NC(=O)[C@H](NC(C)=O)C1c2ccccc2CCc2ccccc21)[C@@H](C)CC)[C@@H](C)CC. The lowest BCUT2D eigenvalue weighted by molar-refractivity contribution is -0.142. The van der Waals surface area contributed by atoms with Crippen molar-refractivity contribution in [3.8, 4) is 0 Å². The molecule has 1 aliphatic rings. The number of amides is 6. The predicted octanol–water partition coefficient (Wildman–Crippen LogP) is 5.25. The third kappa shape index (κ3) is 13.8. The molecule has 16 nitrogen and oxygen atoms in total. The smallest absolute Gasteiger partial charge is 0.305 e. The zero-order valence-corrected chi connectivity index (χ0v) is 40.7. The molecule has 370 valence electrons. The number of hydrogen-bond acceptors (Lipinski definition) is 8. The van der Waals surface area contributed by atoms with E-state index in [1.807, 2.05) is 93.6 Å². The van der Waals surface area contributed by atoms with Crippen molar-refractivity contribution in [2.75, 3.05) is 0 Å². The second-order valence-corrected chi connectivity index (χ2v) is 18.8. The number of para-hydroxylation sites is 1. The number of H-pyrrole nitrogens is 1. The van der Waals surface area contributed by atoms with Crippen LogP contribution in [0.3, 0.4) is 0 Å². The summed E-state index contributed by atoms with van der Waals surface area (Å²) in [5, 5.41) is 38.0. The molecule has 4 aromatic rings. The molecule has 0 saturated carbocycles. The number of carbonyl (C=O) groups is 7. The van der Waals surface area contributed by atoms with Gasteiger partial charge in [-0.2, -0.15) is 0 Å². The molecule has 0 fully saturated rings. The van der Waals surface area contributed by atoms with Gasteiger partial charge in [-0.3, -0.25) is 33.6 Å². The molecule has 0 spiro atoms. The maximum Gasteiger partial charge on any atom is 0.305 e. The summed E-state index contributed by atoms with van der Waals surface area (Å²) in [5.74, 6) is -7.64. The molecule has 0 bridgehead atoms. The molecule has 1 heterocycles. The van der Waals surface area contributed by atoms with Gasteiger partial charge in [0, 0.05) is 36.4 Å². The maximum absolute atomic E-state index is 14.6. The third-order valence-corrected chi connectivity index (χ3v) is 13.2. The Kier molecular flexibility index (Phi) is 18.7. The zero-order chi connectivity index (χ0) is 50.5. The van der Waals surface area contributed by atoms with E-state index in [1.165, 1.54) is 6.92 Å². The first-order valence-corrected chi connectivity index (χ1v) is 23.9. The van der Waals surface area contributed by atoms with Crippen LogP contribution >= 0.6 is 0 Å². The molecule has 5 rings (SSSR count). The fourth-order valence-corrected chi connectivity index (χ4v) is 9.00. The molecule has 3 aromatic carbocycles. The number of aryl methyl sites for hydroxylation is 2. The van der Waals surface area contributed by atoms with Crippen molar-refractivity contribution in [2.24, 2.45) is 17.8 Å². The van der Waals surface area contributed by atoms with Gasteiger partial charge in [-0.05, 0) is 70.9 Å². The van der Waals surface area contributed by atoms with Crippen LogP contribution in [0.15, 0.2) is 91.3 Å². The van der Waals surface area contributed by atoms with Crippen LogP contribution < -0.4 is 31.9 Å². The van der Waals surface area contributed by atoms with Gasteiger partial charge in [0.1, 0.15) is 36.0 Å². The Labute approximate surface area is 404 Å². The van der Waals surface area contributed by atoms with E-state index in [0.717, 1.165) is 38.7 Å². The lowest BCUT2D eigenvalue weighted by Crippen LogP contribution is -2.61. The maximum atomic E-state index is 14.6. The van der Waals surface area contributed by atoms with Gasteiger partial charge in [0.05, 0.1) is 12.5 Å². The van der Waals surface area contributed by atoms with E-state index in [4.69, 9.17) is 0 Å². The Morgan fingerprint density at radius 3 is 1.67 bits per heavy atom. The standard InChI is InChI=1S/C53H69N7O9/c1-9-30(5)46(51(67)56-41(32(7)61)26-36-28-54-40-22-16-15-19-37(36)40)60-52(68)47(31(6)10-2)59-50(66)43(27-44(63)64)57-49(65)42(25-29(3)4)58-53(69)48(55-33(8)62)45-38-20-13-11-17-34(38)23-24-35-18-12-14-21-39(35)45/h11-22,28-31,41-43,45-48,54,61H,7,9-10,23-27H2,1-6,8H3,(H,55,62)(H,56,67)(H,57,65)(H,58,69)(H,59,66)(H,60,68)(H,63,64)/t30-,31-,41-,42-,43-,46-,47-,48+/m0/s1. The second-order valence-electron chi connectivity index (χ2n) is 18.8. The minimum absolute atomic E-state index is 0.0901. The molecule has 8 atom stereocenters. The van der Waals surface area contributed by atoms with Gasteiger partial charge in [-0.25, -0.2) is 0 Å². The summed E-state index contributed by atoms with van der Waals surface area (Å²) >= 11 is 0. The number of aliphatic hydroxyl groups excluding tert-OH is 1. The third-order valence-electron chi connectivity index (χ3n) is 13.2. The summed E-state index contributed by atoms with van der Waals surface area (Å²) in [7, 11) is 0. The summed E-state index contributed by atoms with van der Waals surface area (Å²) < 4.78 is 0. The number of aliphatic hydroxyl groups is 1. The fourth-order valence-electron chi connectivity index (χ4n) is 9.00. The summed E-state index contributed by atoms with van der Waals surface area (Å²) in [6.07, 6.45) is 3.51. The Hall–Kier alpha value is -6.97. The van der Waals surface area contributed by atoms with Crippen LogP contribution in [0, 0.1) is 17.8 Å². The Bertz CT molecular complexity index is 2450. The summed E-state index contributed by atoms with van der Waals surface area (Å²) in [6, 6.07) is 15.6. The molecule has 16 heteroatoms. The van der Waals surface area contributed by atoms with Crippen LogP contribution in [-0.4, -0.2) is 92.9 Å². The van der Waals surface area contributed by atoms with Gasteiger partial charge < -0.3 is 47.1 Å². The molecule has 9 N–H and O–H groups in total. The predicted molar refractivity (Wildman–Crippen MR) is 264 cm³/mol. The first-order chi connectivity index (χ1) is 32.8. The number of rotatable bonds is 23. The quantitative estimate of drug-likeness (QED) is 0.0440. The van der Waals surface area contributed by atoms with E-state index in [1.54, 1.807) is 27.0 Å². The molecular weight excluding hydrogens is 879 g/mol. The molecule has 0 radical (unpaired) electrons. The number of nitrogens with one attached hydrogen (secondary N) is 7. The van der Waals surface area contributed by atoms with Crippen molar-refractivity contribution in [3.63, 3.8) is 0 Å². The highest BCUT2D eigenvalue weighted by Gasteiger charge is 2.39. The number of hydrogen-bond donors (Lipinski definition) is 9. The highest BCUT2D eigenvalue weighted by Crippen LogP contribution is 2.37. The lowest BCUT2D eigenvalue weighted by Gasteiger charge is -2.32. The molecule has 69 heavy (non-hydrogen) atoms. The van der Waals surface area contributed by atoms with E-state index in [0.29, 0.717) is 25.7 Å². The minimum atomic E-state index is -1.69. The molecule has 0 unspecified atom stereocenters. The largest absolute Gasteiger partial charge is 0.511 e. The normalized spacial score (nSPS) is 15.8. The van der Waals surface area contributed by atoms with Crippen LogP contribution in [0.1, 0.15) is 108 Å². The topological polar surface area (TPSA) is 248 Å². The van der Waals surface area contributed by atoms with Crippen molar-refractivity contribution < 1.29 is 43.8 Å². The first-order valence-electron chi connectivity index (χ1n) is 23.9. The van der Waals surface area contributed by atoms with Gasteiger partial charge in [-0.1, -0.05) is 128 Å². The number of benzene rings is 3. The van der Waals surface area contributed by atoms with E-state index in [2.05, 4.69) is 43.5 Å². The molecular formula is C53H69N7O9. The number of carboxylic acids is 1. The van der Waals surface area contributed by atoms with Crippen LogP contribution in [0.2, 0.25) is 0 Å². The fraction of sp³-hybridized carbons (Fsp3) is 0.453. The van der Waals surface area contributed by atoms with Gasteiger partial charge in [0.2, 0.25) is 35.4 Å². The Morgan fingerprint density at radius 1 is 0.638 bits per heavy atom. The number of fused-ring (bicyclic) bond motifs is 3. The van der Waals surface area contributed by atoms with Crippen molar-refractivity contribution in [2.45, 2.75) is 136 Å². The Balaban J connectivity index is 1.36. The molecule has 0 saturated heterocycles. The monoisotopic (exact) mass is 948 g/mol. The van der Waals surface area contributed by atoms with Crippen LogP contribution in [0.4, 0.5) is 0 Å². The van der Waals surface area contributed by atoms with Crippen molar-refractivity contribution in [1.82, 2.24) is 36.9 Å². The lowest BCUT2D eigenvalue weighted by atomic mass is 9.82. The molecule has 6 amide bonds. The first kappa shape index (κ1) is 53.0. The van der Waals surface area contributed by atoms with Crippen LogP contribution in [0.25, 0.3) is 10.9 Å². The number of aromatic amines is 1. The van der Waals surface area contributed by atoms with Crippen molar-refractivity contribution in [3.05, 3.63) is 119 Å². The number of aliphatic carboxylic acids is 1. The van der Waals surface area contributed by atoms with Gasteiger partial charge in [0.15, 0.2) is 0 Å². The number of carboxylic acid groups (broad SMARTS) is 1. The van der Waals surface area contributed by atoms with Crippen molar-refractivity contribution >= 4 is 52.3 Å². The van der Waals surface area contributed by atoms with E-state index >= 15 is 0 Å². The van der Waals surface area contributed by atoms with Gasteiger partial charge in [-0.15, -0.1) is 0 Å². The molecule has 1 aliphatic carbocycles. The Morgan fingerprint density at radius 2 is 1.13 bits per heavy atom. The second kappa shape index (κ2) is 24.4. The van der Waals surface area contributed by atoms with Gasteiger partial charge >= 0.3 is 5.97 Å². The zero-order valence-electron chi connectivity index (χ0n) is 40.7. The van der Waals surface area contributed by atoms with Crippen LogP contribution in [0.5, 0.6) is 0 Å². The van der Waals surface area contributed by atoms with E-state index < -0.39 is 102 Å². The number of aromatic nitrogens is 1. The van der Waals surface area contributed by atoms with E-state index in [-0.39, 0.29) is 24.5 Å². The summed E-state index contributed by atoms with van der Waals surface area (Å²) in [6.45, 7) is 15.8. The minimum Gasteiger partial charge on any atom is -0.511 e. The van der Waals surface area contributed by atoms with Gasteiger partial charge in [0.25, 0.3) is 0 Å². The molecule has 1 aromatic heterocycles. The molecule has 0 aliphatic heterocycles.